The summed E-state index contributed by atoms with van der Waals surface area (Å²) < 4.78 is 15.7. The molecule has 4 heterocycles. The molecule has 0 aliphatic heterocycles. The Labute approximate surface area is 302 Å². The molecule has 0 saturated carbocycles. The third-order valence-corrected chi connectivity index (χ3v) is 10.8. The lowest BCUT2D eigenvalue weighted by Crippen LogP contribution is -1.96. The third kappa shape index (κ3) is 4.02. The smallest absolute Gasteiger partial charge is 0.180 e. The maximum Gasteiger partial charge on any atom is 0.180 e. The average molecular weight is 678 g/mol. The highest BCUT2D eigenvalue weighted by molar-refractivity contribution is 6.22. The number of benzene rings is 8. The second-order valence-corrected chi connectivity index (χ2v) is 13.7. The number of hydrogen-bond acceptors (Lipinski definition) is 4. The Morgan fingerprint density at radius 1 is 0.434 bits per heavy atom. The summed E-state index contributed by atoms with van der Waals surface area (Å²) in [5, 5.41) is 9.92. The predicted molar refractivity (Wildman–Crippen MR) is 217 cm³/mol. The van der Waals surface area contributed by atoms with Crippen molar-refractivity contribution in [2.75, 3.05) is 0 Å². The first-order valence-electron chi connectivity index (χ1n) is 17.8. The minimum atomic E-state index is 0.635. The van der Waals surface area contributed by atoms with Crippen molar-refractivity contribution >= 4 is 87.4 Å². The highest BCUT2D eigenvalue weighted by Crippen LogP contribution is 2.44. The van der Waals surface area contributed by atoms with Gasteiger partial charge in [0.25, 0.3) is 0 Å². The van der Waals surface area contributed by atoms with E-state index in [9.17, 15) is 0 Å². The minimum Gasteiger partial charge on any atom is -0.455 e. The lowest BCUT2D eigenvalue weighted by molar-refractivity contribution is 0.667. The van der Waals surface area contributed by atoms with Crippen LogP contribution in [0, 0.1) is 0 Å². The molecule has 0 bridgehead atoms. The van der Waals surface area contributed by atoms with Crippen LogP contribution in [0.1, 0.15) is 0 Å². The molecule has 0 aliphatic rings. The van der Waals surface area contributed by atoms with E-state index in [0.717, 1.165) is 82.7 Å². The van der Waals surface area contributed by atoms with Crippen LogP contribution in [0.15, 0.2) is 173 Å². The predicted octanol–water partition coefficient (Wildman–Crippen LogP) is 13.0. The number of rotatable bonds is 3. The lowest BCUT2D eigenvalue weighted by Gasteiger charge is -2.11. The van der Waals surface area contributed by atoms with Crippen molar-refractivity contribution in [2.24, 2.45) is 0 Å². The van der Waals surface area contributed by atoms with Gasteiger partial charge in [0.2, 0.25) is 0 Å². The molecule has 12 rings (SSSR count). The number of aromatic nitrogens is 3. The molecule has 53 heavy (non-hydrogen) atoms. The summed E-state index contributed by atoms with van der Waals surface area (Å²) in [6.07, 6.45) is 0. The first kappa shape index (κ1) is 28.5. The van der Waals surface area contributed by atoms with Gasteiger partial charge in [0, 0.05) is 38.1 Å². The first-order chi connectivity index (χ1) is 26.3. The number of furan rings is 2. The molecular formula is C48H27N3O2. The van der Waals surface area contributed by atoms with Gasteiger partial charge in [-0.25, -0.2) is 9.97 Å². The van der Waals surface area contributed by atoms with Crippen LogP contribution in [0.4, 0.5) is 0 Å². The highest BCUT2D eigenvalue weighted by atomic mass is 16.3. The lowest BCUT2D eigenvalue weighted by atomic mass is 9.98. The van der Waals surface area contributed by atoms with Crippen LogP contribution in [-0.4, -0.2) is 14.5 Å². The molecule has 0 radical (unpaired) electrons. The van der Waals surface area contributed by atoms with E-state index in [1.807, 2.05) is 36.4 Å². The normalized spacial score (nSPS) is 12.2. The van der Waals surface area contributed by atoms with Gasteiger partial charge in [-0.15, -0.1) is 0 Å². The van der Waals surface area contributed by atoms with E-state index in [1.54, 1.807) is 0 Å². The molecule has 0 amide bonds. The second-order valence-electron chi connectivity index (χ2n) is 13.7. The van der Waals surface area contributed by atoms with Gasteiger partial charge in [0.15, 0.2) is 11.4 Å². The standard InChI is InChI=1S/C48H27N3O2/c1-2-13-28(14-3-1)44-47-45(34-20-9-11-23-41(34)52-47)50-48(49-44)36-27-37-43-39(22-12-24-42(43)53-46(37)33-19-7-6-17-31(33)36)51-38-21-10-8-18-32(38)35-25-29-15-4-5-16-30(29)26-40(35)51/h1-27H. The largest absolute Gasteiger partial charge is 0.455 e. The van der Waals surface area contributed by atoms with Crippen LogP contribution in [-0.2, 0) is 0 Å². The fourth-order valence-corrected chi connectivity index (χ4v) is 8.42. The van der Waals surface area contributed by atoms with Gasteiger partial charge in [0.05, 0.1) is 22.1 Å². The summed E-state index contributed by atoms with van der Waals surface area (Å²) in [7, 11) is 0. The Morgan fingerprint density at radius 2 is 1.11 bits per heavy atom. The second kappa shape index (κ2) is 10.6. The molecule has 0 atom stereocenters. The van der Waals surface area contributed by atoms with E-state index in [2.05, 4.69) is 132 Å². The van der Waals surface area contributed by atoms with Crippen molar-refractivity contribution in [3.05, 3.63) is 164 Å². The Kier molecular flexibility index (Phi) is 5.71. The quantitative estimate of drug-likeness (QED) is 0.187. The summed E-state index contributed by atoms with van der Waals surface area (Å²) in [6, 6.07) is 57.2. The monoisotopic (exact) mass is 677 g/mol. The van der Waals surface area contributed by atoms with Crippen molar-refractivity contribution in [2.45, 2.75) is 0 Å². The molecule has 0 spiro atoms. The van der Waals surface area contributed by atoms with Crippen LogP contribution in [0.3, 0.4) is 0 Å². The van der Waals surface area contributed by atoms with E-state index in [1.165, 1.54) is 21.5 Å². The summed E-state index contributed by atoms with van der Waals surface area (Å²) in [4.78, 5) is 10.6. The molecular weight excluding hydrogens is 651 g/mol. The van der Waals surface area contributed by atoms with E-state index in [4.69, 9.17) is 18.8 Å². The van der Waals surface area contributed by atoms with Crippen LogP contribution in [0.2, 0.25) is 0 Å². The Morgan fingerprint density at radius 3 is 1.98 bits per heavy atom. The van der Waals surface area contributed by atoms with Crippen LogP contribution >= 0.6 is 0 Å². The summed E-state index contributed by atoms with van der Waals surface area (Å²) in [5.41, 5.74) is 9.97. The maximum absolute atomic E-state index is 6.83. The Bertz CT molecular complexity index is 3460. The molecule has 246 valence electrons. The van der Waals surface area contributed by atoms with Crippen molar-refractivity contribution in [1.29, 1.82) is 0 Å². The molecule has 8 aromatic carbocycles. The molecule has 5 nitrogen and oxygen atoms in total. The van der Waals surface area contributed by atoms with E-state index in [-0.39, 0.29) is 0 Å². The van der Waals surface area contributed by atoms with Gasteiger partial charge >= 0.3 is 0 Å². The summed E-state index contributed by atoms with van der Waals surface area (Å²) >= 11 is 0. The van der Waals surface area contributed by atoms with Crippen molar-refractivity contribution in [1.82, 2.24) is 14.5 Å². The van der Waals surface area contributed by atoms with E-state index >= 15 is 0 Å². The number of nitrogens with zero attached hydrogens (tertiary/aromatic N) is 3. The Balaban J connectivity index is 1.21. The molecule has 12 aromatic rings. The highest BCUT2D eigenvalue weighted by Gasteiger charge is 2.23. The van der Waals surface area contributed by atoms with Gasteiger partial charge in [-0.05, 0) is 64.7 Å². The van der Waals surface area contributed by atoms with Gasteiger partial charge < -0.3 is 13.4 Å². The molecule has 4 aromatic heterocycles. The average Bonchev–Trinajstić information content (AvgIpc) is 3.89. The Hall–Kier alpha value is -7.24. The third-order valence-electron chi connectivity index (χ3n) is 10.8. The van der Waals surface area contributed by atoms with Crippen molar-refractivity contribution in [3.8, 4) is 28.3 Å². The van der Waals surface area contributed by atoms with Crippen molar-refractivity contribution < 1.29 is 8.83 Å². The van der Waals surface area contributed by atoms with E-state index in [0.29, 0.717) is 11.4 Å². The molecule has 0 N–H and O–H groups in total. The number of para-hydroxylation sites is 2. The zero-order valence-electron chi connectivity index (χ0n) is 28.2. The molecule has 0 unspecified atom stereocenters. The summed E-state index contributed by atoms with van der Waals surface area (Å²) in [5.74, 6) is 0.635. The zero-order valence-corrected chi connectivity index (χ0v) is 28.2. The van der Waals surface area contributed by atoms with Gasteiger partial charge in [-0.1, -0.05) is 115 Å². The van der Waals surface area contributed by atoms with Gasteiger partial charge in [-0.2, -0.15) is 0 Å². The fourth-order valence-electron chi connectivity index (χ4n) is 8.42. The van der Waals surface area contributed by atoms with Crippen LogP contribution < -0.4 is 0 Å². The number of hydrogen-bond donors (Lipinski definition) is 0. The van der Waals surface area contributed by atoms with Crippen LogP contribution in [0.5, 0.6) is 0 Å². The molecule has 0 saturated heterocycles. The van der Waals surface area contributed by atoms with Gasteiger partial charge in [-0.3, -0.25) is 0 Å². The first-order valence-corrected chi connectivity index (χ1v) is 17.8. The number of fused-ring (bicyclic) bond motifs is 12. The maximum atomic E-state index is 6.83. The summed E-state index contributed by atoms with van der Waals surface area (Å²) in [6.45, 7) is 0. The molecule has 0 aliphatic carbocycles. The van der Waals surface area contributed by atoms with Crippen molar-refractivity contribution in [3.63, 3.8) is 0 Å². The molecule has 0 fully saturated rings. The molecule has 5 heteroatoms. The van der Waals surface area contributed by atoms with Gasteiger partial charge in [0.1, 0.15) is 28.0 Å². The fraction of sp³-hybridized carbons (Fsp3) is 0. The SMILES string of the molecule is c1ccc(-c2nc(-c3cc4c(oc5cccc(-n6c7ccccc7c7cc8ccccc8cc76)c54)c4ccccc34)nc3c2oc2ccccc23)cc1. The minimum absolute atomic E-state index is 0.635. The topological polar surface area (TPSA) is 57.0 Å². The van der Waals surface area contributed by atoms with Crippen LogP contribution in [0.25, 0.3) is 116 Å². The zero-order chi connectivity index (χ0) is 34.6. The van der Waals surface area contributed by atoms with E-state index < -0.39 is 0 Å².